The fraction of sp³-hybridized carbons (Fsp3) is 0.778. The summed E-state index contributed by atoms with van der Waals surface area (Å²) in [4.78, 5) is 4.24. The third-order valence-electron chi connectivity index (χ3n) is 1.87. The lowest BCUT2D eigenvalue weighted by atomic mass is 9.96. The van der Waals surface area contributed by atoms with Gasteiger partial charge in [0.2, 0.25) is 0 Å². The Bertz CT molecular complexity index is 454. The highest BCUT2D eigenvalue weighted by Gasteiger charge is 2.22. The monoisotopic (exact) mass is 231 g/mol. The number of sulfone groups is 1. The second-order valence-corrected chi connectivity index (χ2v) is 6.94. The molecule has 1 aromatic heterocycles. The number of aryl methyl sites for hydroxylation is 1. The van der Waals surface area contributed by atoms with Crippen molar-refractivity contribution in [1.82, 2.24) is 14.8 Å². The molecule has 1 heterocycles. The van der Waals surface area contributed by atoms with Crippen molar-refractivity contribution >= 4 is 9.84 Å². The van der Waals surface area contributed by atoms with Crippen LogP contribution in [0.25, 0.3) is 0 Å². The second-order valence-electron chi connectivity index (χ2n) is 4.80. The highest BCUT2D eigenvalue weighted by molar-refractivity contribution is 7.89. The van der Waals surface area contributed by atoms with E-state index in [0.29, 0.717) is 5.82 Å². The third-order valence-corrected chi connectivity index (χ3v) is 2.65. The normalized spacial score (nSPS) is 13.1. The number of aromatic nitrogens is 3. The smallest absolute Gasteiger partial charge is 0.165 e. The maximum atomic E-state index is 11.1. The lowest BCUT2D eigenvalue weighted by Crippen LogP contribution is -2.17. The van der Waals surface area contributed by atoms with Crippen LogP contribution in [-0.2, 0) is 28.1 Å². The minimum absolute atomic E-state index is 0.100. The molecule has 0 saturated carbocycles. The van der Waals surface area contributed by atoms with Crippen LogP contribution in [0.2, 0.25) is 0 Å². The lowest BCUT2D eigenvalue weighted by Gasteiger charge is -2.15. The molecule has 0 aromatic carbocycles. The maximum absolute atomic E-state index is 11.1. The van der Waals surface area contributed by atoms with Crippen molar-refractivity contribution in [2.24, 2.45) is 7.05 Å². The van der Waals surface area contributed by atoms with Crippen LogP contribution in [0.5, 0.6) is 0 Å². The molecule has 0 unspecified atom stereocenters. The van der Waals surface area contributed by atoms with E-state index in [9.17, 15) is 8.42 Å². The Morgan fingerprint density at radius 3 is 2.20 bits per heavy atom. The summed E-state index contributed by atoms with van der Waals surface area (Å²) >= 11 is 0. The highest BCUT2D eigenvalue weighted by Crippen LogP contribution is 2.19. The van der Waals surface area contributed by atoms with E-state index in [0.717, 1.165) is 5.82 Å². The molecular weight excluding hydrogens is 214 g/mol. The minimum atomic E-state index is -3.06. The van der Waals surface area contributed by atoms with Crippen LogP contribution < -0.4 is 0 Å². The quantitative estimate of drug-likeness (QED) is 0.750. The molecule has 0 aliphatic rings. The largest absolute Gasteiger partial charge is 0.252 e. The number of nitrogens with zero attached hydrogens (tertiary/aromatic N) is 3. The van der Waals surface area contributed by atoms with E-state index in [1.54, 1.807) is 11.7 Å². The van der Waals surface area contributed by atoms with Crippen molar-refractivity contribution in [3.05, 3.63) is 11.6 Å². The van der Waals surface area contributed by atoms with Gasteiger partial charge in [-0.05, 0) is 0 Å². The second kappa shape index (κ2) is 3.59. The summed E-state index contributed by atoms with van der Waals surface area (Å²) in [6.45, 7) is 6.05. The van der Waals surface area contributed by atoms with Gasteiger partial charge >= 0.3 is 0 Å². The van der Waals surface area contributed by atoms with Gasteiger partial charge in [-0.1, -0.05) is 20.8 Å². The van der Waals surface area contributed by atoms with E-state index >= 15 is 0 Å². The molecule has 0 fully saturated rings. The average Bonchev–Trinajstić information content (AvgIpc) is 2.25. The van der Waals surface area contributed by atoms with Crippen molar-refractivity contribution in [3.63, 3.8) is 0 Å². The molecule has 0 saturated heterocycles. The summed E-state index contributed by atoms with van der Waals surface area (Å²) in [5, 5.41) is 4.09. The van der Waals surface area contributed by atoms with Crippen molar-refractivity contribution in [1.29, 1.82) is 0 Å². The van der Waals surface area contributed by atoms with Crippen LogP contribution in [0.3, 0.4) is 0 Å². The van der Waals surface area contributed by atoms with Crippen LogP contribution >= 0.6 is 0 Å². The van der Waals surface area contributed by atoms with Crippen LogP contribution in [0, 0.1) is 0 Å². The third kappa shape index (κ3) is 3.30. The fourth-order valence-corrected chi connectivity index (χ4v) is 1.98. The topological polar surface area (TPSA) is 64.8 Å². The van der Waals surface area contributed by atoms with E-state index in [1.807, 2.05) is 20.8 Å². The van der Waals surface area contributed by atoms with Crippen LogP contribution in [0.15, 0.2) is 0 Å². The molecule has 0 radical (unpaired) electrons. The highest BCUT2D eigenvalue weighted by atomic mass is 32.2. The zero-order chi connectivity index (χ0) is 11.9. The molecule has 0 N–H and O–H groups in total. The molecule has 6 heteroatoms. The van der Waals surface area contributed by atoms with Gasteiger partial charge in [0.05, 0.1) is 0 Å². The molecule has 0 atom stereocenters. The van der Waals surface area contributed by atoms with E-state index in [-0.39, 0.29) is 11.2 Å². The first-order valence-corrected chi connectivity index (χ1v) is 6.74. The summed E-state index contributed by atoms with van der Waals surface area (Å²) in [7, 11) is -1.29. The minimum Gasteiger partial charge on any atom is -0.252 e. The number of hydrogen-bond acceptors (Lipinski definition) is 4. The summed E-state index contributed by atoms with van der Waals surface area (Å²) in [6.07, 6.45) is 1.18. The molecular formula is C9H17N3O2S. The SMILES string of the molecule is Cn1nc(CS(C)(=O)=O)nc1C(C)(C)C. The van der Waals surface area contributed by atoms with E-state index in [4.69, 9.17) is 0 Å². The Morgan fingerprint density at radius 1 is 1.33 bits per heavy atom. The van der Waals surface area contributed by atoms with Crippen molar-refractivity contribution in [2.75, 3.05) is 6.26 Å². The van der Waals surface area contributed by atoms with Gasteiger partial charge in [0, 0.05) is 18.7 Å². The maximum Gasteiger partial charge on any atom is 0.165 e. The molecule has 0 amide bonds. The van der Waals surface area contributed by atoms with Crippen molar-refractivity contribution in [2.45, 2.75) is 31.9 Å². The molecule has 1 rings (SSSR count). The van der Waals surface area contributed by atoms with E-state index in [2.05, 4.69) is 10.1 Å². The Kier molecular flexibility index (Phi) is 2.91. The van der Waals surface area contributed by atoms with E-state index in [1.165, 1.54) is 6.26 Å². The summed E-state index contributed by atoms with van der Waals surface area (Å²) < 4.78 is 23.8. The Morgan fingerprint density at radius 2 is 1.87 bits per heavy atom. The molecule has 0 spiro atoms. The predicted octanol–water partition coefficient (Wildman–Crippen LogP) is 0.657. The summed E-state index contributed by atoms with van der Waals surface area (Å²) in [5.74, 6) is 1.06. The Labute approximate surface area is 90.4 Å². The first-order chi connectivity index (χ1) is 6.59. The van der Waals surface area contributed by atoms with E-state index < -0.39 is 9.84 Å². The van der Waals surface area contributed by atoms with Crippen LogP contribution in [0.4, 0.5) is 0 Å². The number of rotatable bonds is 2. The van der Waals surface area contributed by atoms with Gasteiger partial charge in [-0.15, -0.1) is 0 Å². The standard InChI is InChI=1S/C9H17N3O2S/c1-9(2,3)8-10-7(11-12(8)4)6-15(5,13)14/h6H2,1-5H3. The van der Waals surface area contributed by atoms with Crippen LogP contribution in [-0.4, -0.2) is 29.4 Å². The van der Waals surface area contributed by atoms with Gasteiger partial charge in [0.1, 0.15) is 11.6 Å². The fourth-order valence-electron chi connectivity index (χ4n) is 1.39. The Hall–Kier alpha value is -0.910. The summed E-state index contributed by atoms with van der Waals surface area (Å²) in [5.41, 5.74) is -0.127. The first-order valence-electron chi connectivity index (χ1n) is 4.68. The molecule has 15 heavy (non-hydrogen) atoms. The zero-order valence-electron chi connectivity index (χ0n) is 9.77. The van der Waals surface area contributed by atoms with Crippen LogP contribution in [0.1, 0.15) is 32.4 Å². The van der Waals surface area contributed by atoms with Gasteiger partial charge in [-0.25, -0.2) is 13.4 Å². The molecule has 0 bridgehead atoms. The van der Waals surface area contributed by atoms with Gasteiger partial charge < -0.3 is 0 Å². The lowest BCUT2D eigenvalue weighted by molar-refractivity contribution is 0.506. The van der Waals surface area contributed by atoms with Gasteiger partial charge in [0.15, 0.2) is 15.7 Å². The number of hydrogen-bond donors (Lipinski definition) is 0. The Balaban J connectivity index is 3.07. The zero-order valence-corrected chi connectivity index (χ0v) is 10.6. The molecule has 0 aliphatic heterocycles. The van der Waals surface area contributed by atoms with Gasteiger partial charge in [-0.2, -0.15) is 5.10 Å². The predicted molar refractivity (Wildman–Crippen MR) is 58.3 cm³/mol. The molecule has 5 nitrogen and oxygen atoms in total. The molecule has 86 valence electrons. The molecule has 0 aliphatic carbocycles. The van der Waals surface area contributed by atoms with Gasteiger partial charge in [0.25, 0.3) is 0 Å². The summed E-state index contributed by atoms with van der Waals surface area (Å²) in [6, 6.07) is 0. The average molecular weight is 231 g/mol. The van der Waals surface area contributed by atoms with Crippen molar-refractivity contribution < 1.29 is 8.42 Å². The van der Waals surface area contributed by atoms with Crippen molar-refractivity contribution in [3.8, 4) is 0 Å². The van der Waals surface area contributed by atoms with Gasteiger partial charge in [-0.3, -0.25) is 4.68 Å². The molecule has 1 aromatic rings. The first kappa shape index (κ1) is 12.2.